The lowest BCUT2D eigenvalue weighted by atomic mass is 10.1. The average molecular weight is 288 g/mol. The van der Waals surface area contributed by atoms with Crippen molar-refractivity contribution < 1.29 is 28.7 Å². The van der Waals surface area contributed by atoms with E-state index < -0.39 is 35.8 Å². The minimum atomic E-state index is -0.876. The zero-order valence-corrected chi connectivity index (χ0v) is 12.0. The van der Waals surface area contributed by atoms with Crippen molar-refractivity contribution in [2.75, 3.05) is 14.2 Å². The molecule has 8 nitrogen and oxygen atoms in total. The van der Waals surface area contributed by atoms with Crippen molar-refractivity contribution in [1.82, 2.24) is 10.6 Å². The second-order valence-corrected chi connectivity index (χ2v) is 4.13. The highest BCUT2D eigenvalue weighted by molar-refractivity contribution is 5.84. The van der Waals surface area contributed by atoms with Gasteiger partial charge in [0.15, 0.2) is 0 Å². The molecule has 8 heteroatoms. The predicted molar refractivity (Wildman–Crippen MR) is 68.5 cm³/mol. The van der Waals surface area contributed by atoms with Gasteiger partial charge in [-0.3, -0.25) is 9.59 Å². The average Bonchev–Trinajstić information content (AvgIpc) is 2.39. The van der Waals surface area contributed by atoms with E-state index in [0.717, 1.165) is 0 Å². The standard InChI is InChI=1S/C12H20N2O6/c1-7(15)13-9(11(17)19-3)5-6-10(12(18)20-4)14-8(2)16/h9-10H,5-6H2,1-4H3,(H,13,15)(H,14,16)/t9-,10-/m1/s1. The highest BCUT2D eigenvalue weighted by atomic mass is 16.5. The smallest absolute Gasteiger partial charge is 0.328 e. The first-order chi connectivity index (χ1) is 9.31. The van der Waals surface area contributed by atoms with Crippen molar-refractivity contribution in [3.8, 4) is 0 Å². The van der Waals surface area contributed by atoms with Crippen LogP contribution in [0.25, 0.3) is 0 Å². The van der Waals surface area contributed by atoms with Crippen LogP contribution >= 0.6 is 0 Å². The Morgan fingerprint density at radius 1 is 0.800 bits per heavy atom. The van der Waals surface area contributed by atoms with Crippen LogP contribution in [-0.4, -0.2) is 50.1 Å². The monoisotopic (exact) mass is 288 g/mol. The lowest BCUT2D eigenvalue weighted by Gasteiger charge is -2.19. The predicted octanol–water partition coefficient (Wildman–Crippen LogP) is -0.878. The zero-order chi connectivity index (χ0) is 15.7. The molecule has 0 bridgehead atoms. The Bertz CT molecular complexity index is 346. The molecule has 0 spiro atoms. The first-order valence-electron chi connectivity index (χ1n) is 6.01. The quantitative estimate of drug-likeness (QED) is 0.589. The van der Waals surface area contributed by atoms with Gasteiger partial charge in [-0.05, 0) is 12.8 Å². The van der Waals surface area contributed by atoms with Gasteiger partial charge < -0.3 is 20.1 Å². The van der Waals surface area contributed by atoms with Gasteiger partial charge in [0.2, 0.25) is 11.8 Å². The molecule has 0 saturated carbocycles. The third-order valence-corrected chi connectivity index (χ3v) is 2.47. The Hall–Kier alpha value is -2.12. The fourth-order valence-electron chi connectivity index (χ4n) is 1.61. The number of ether oxygens (including phenoxy) is 2. The highest BCUT2D eigenvalue weighted by Crippen LogP contribution is 2.05. The van der Waals surface area contributed by atoms with E-state index in [-0.39, 0.29) is 12.8 Å². The summed E-state index contributed by atoms with van der Waals surface area (Å²) in [5.74, 6) is -2.03. The first kappa shape index (κ1) is 17.9. The zero-order valence-electron chi connectivity index (χ0n) is 12.0. The molecule has 0 aromatic heterocycles. The third-order valence-electron chi connectivity index (χ3n) is 2.47. The summed E-state index contributed by atoms with van der Waals surface area (Å²) in [5.41, 5.74) is 0. The minimum Gasteiger partial charge on any atom is -0.467 e. The number of rotatable bonds is 7. The number of methoxy groups -OCH3 is 2. The van der Waals surface area contributed by atoms with E-state index >= 15 is 0 Å². The molecule has 0 aliphatic heterocycles. The molecule has 20 heavy (non-hydrogen) atoms. The van der Waals surface area contributed by atoms with Crippen molar-refractivity contribution >= 4 is 23.8 Å². The fraction of sp³-hybridized carbons (Fsp3) is 0.667. The summed E-state index contributed by atoms with van der Waals surface area (Å²) in [7, 11) is 2.39. The molecular formula is C12H20N2O6. The highest BCUT2D eigenvalue weighted by Gasteiger charge is 2.25. The summed E-state index contributed by atoms with van der Waals surface area (Å²) in [6.07, 6.45) is 0.263. The summed E-state index contributed by atoms with van der Waals surface area (Å²) in [4.78, 5) is 45.0. The van der Waals surface area contributed by atoms with E-state index in [4.69, 9.17) is 0 Å². The second kappa shape index (κ2) is 8.89. The van der Waals surface area contributed by atoms with Crippen LogP contribution in [0, 0.1) is 0 Å². The maximum absolute atomic E-state index is 11.5. The number of hydrogen-bond acceptors (Lipinski definition) is 6. The van der Waals surface area contributed by atoms with Gasteiger partial charge in [0.1, 0.15) is 12.1 Å². The molecule has 2 N–H and O–H groups in total. The Morgan fingerprint density at radius 2 is 1.10 bits per heavy atom. The molecule has 0 aromatic rings. The Labute approximate surface area is 117 Å². The van der Waals surface area contributed by atoms with Crippen LogP contribution in [0.5, 0.6) is 0 Å². The number of carbonyl (C=O) groups excluding carboxylic acids is 4. The van der Waals surface area contributed by atoms with Gasteiger partial charge in [-0.15, -0.1) is 0 Å². The molecule has 0 heterocycles. The molecule has 2 atom stereocenters. The van der Waals surface area contributed by atoms with Crippen LogP contribution in [0.3, 0.4) is 0 Å². The lowest BCUT2D eigenvalue weighted by Crippen LogP contribution is -2.44. The molecule has 0 saturated heterocycles. The van der Waals surface area contributed by atoms with Crippen LogP contribution in [0.2, 0.25) is 0 Å². The van der Waals surface area contributed by atoms with Gasteiger partial charge >= 0.3 is 11.9 Å². The fourth-order valence-corrected chi connectivity index (χ4v) is 1.61. The number of hydrogen-bond donors (Lipinski definition) is 2. The van der Waals surface area contributed by atoms with Crippen molar-refractivity contribution in [3.05, 3.63) is 0 Å². The van der Waals surface area contributed by atoms with Crippen molar-refractivity contribution in [1.29, 1.82) is 0 Å². The summed E-state index contributed by atoms with van der Waals surface area (Å²) in [5, 5.41) is 4.84. The van der Waals surface area contributed by atoms with Gasteiger partial charge in [-0.1, -0.05) is 0 Å². The van der Waals surface area contributed by atoms with Crippen LogP contribution in [0.4, 0.5) is 0 Å². The van der Waals surface area contributed by atoms with E-state index in [9.17, 15) is 19.2 Å². The van der Waals surface area contributed by atoms with E-state index in [1.54, 1.807) is 0 Å². The van der Waals surface area contributed by atoms with Crippen LogP contribution in [0.1, 0.15) is 26.7 Å². The Kier molecular flexibility index (Phi) is 7.95. The lowest BCUT2D eigenvalue weighted by molar-refractivity contribution is -0.147. The van der Waals surface area contributed by atoms with Crippen LogP contribution in [-0.2, 0) is 28.7 Å². The van der Waals surface area contributed by atoms with Crippen LogP contribution < -0.4 is 10.6 Å². The molecule has 0 fully saturated rings. The maximum atomic E-state index is 11.5. The molecule has 0 aliphatic rings. The van der Waals surface area contributed by atoms with Gasteiger partial charge in [0, 0.05) is 13.8 Å². The Morgan fingerprint density at radius 3 is 1.30 bits per heavy atom. The molecular weight excluding hydrogens is 268 g/mol. The van der Waals surface area contributed by atoms with E-state index in [1.165, 1.54) is 28.1 Å². The van der Waals surface area contributed by atoms with Gasteiger partial charge in [-0.25, -0.2) is 9.59 Å². The molecule has 0 radical (unpaired) electrons. The largest absolute Gasteiger partial charge is 0.467 e. The second-order valence-electron chi connectivity index (χ2n) is 4.13. The molecule has 2 amide bonds. The number of esters is 2. The summed E-state index contributed by atoms with van der Waals surface area (Å²) in [6.45, 7) is 2.53. The summed E-state index contributed by atoms with van der Waals surface area (Å²) >= 11 is 0. The number of carbonyl (C=O) groups is 4. The summed E-state index contributed by atoms with van der Waals surface area (Å²) < 4.78 is 9.11. The maximum Gasteiger partial charge on any atom is 0.328 e. The molecule has 0 aromatic carbocycles. The molecule has 0 rings (SSSR count). The van der Waals surface area contributed by atoms with Crippen molar-refractivity contribution in [2.24, 2.45) is 0 Å². The topological polar surface area (TPSA) is 111 Å². The SMILES string of the molecule is COC(=O)[C@@H](CC[C@@H](NC(C)=O)C(=O)OC)NC(C)=O. The van der Waals surface area contributed by atoms with E-state index in [2.05, 4.69) is 20.1 Å². The Balaban J connectivity index is 4.67. The molecule has 0 aliphatic carbocycles. The van der Waals surface area contributed by atoms with E-state index in [0.29, 0.717) is 0 Å². The molecule has 114 valence electrons. The molecule has 0 unspecified atom stereocenters. The van der Waals surface area contributed by atoms with Crippen molar-refractivity contribution in [3.63, 3.8) is 0 Å². The van der Waals surface area contributed by atoms with Gasteiger partial charge in [-0.2, -0.15) is 0 Å². The van der Waals surface area contributed by atoms with Gasteiger partial charge in [0.05, 0.1) is 14.2 Å². The van der Waals surface area contributed by atoms with Crippen molar-refractivity contribution in [2.45, 2.75) is 38.8 Å². The van der Waals surface area contributed by atoms with E-state index in [1.807, 2.05) is 0 Å². The normalized spacial score (nSPS) is 12.8. The summed E-state index contributed by atoms with van der Waals surface area (Å²) in [6, 6.07) is -1.75. The third kappa shape index (κ3) is 6.72. The number of nitrogens with one attached hydrogen (secondary N) is 2. The number of amides is 2. The first-order valence-corrected chi connectivity index (χ1v) is 6.01. The van der Waals surface area contributed by atoms with Crippen LogP contribution in [0.15, 0.2) is 0 Å². The van der Waals surface area contributed by atoms with Gasteiger partial charge in [0.25, 0.3) is 0 Å². The minimum absolute atomic E-state index is 0.131.